The molecule has 0 fully saturated rings. The summed E-state index contributed by atoms with van der Waals surface area (Å²) in [4.78, 5) is 0.0893. The van der Waals surface area contributed by atoms with Gasteiger partial charge in [-0.3, -0.25) is 0 Å². The third kappa shape index (κ3) is 4.08. The number of alkyl halides is 4. The summed E-state index contributed by atoms with van der Waals surface area (Å²) >= 11 is 3.40. The van der Waals surface area contributed by atoms with E-state index in [0.717, 1.165) is 18.2 Å². The van der Waals surface area contributed by atoms with Crippen LogP contribution in [0.15, 0.2) is 18.2 Å². The Morgan fingerprint density at radius 1 is 1.33 bits per heavy atom. The highest BCUT2D eigenvalue weighted by Gasteiger charge is 2.30. The lowest BCUT2D eigenvalue weighted by Gasteiger charge is -2.20. The van der Waals surface area contributed by atoms with E-state index in [0.29, 0.717) is 12.5 Å². The van der Waals surface area contributed by atoms with Gasteiger partial charge in [0, 0.05) is 17.1 Å². The first kappa shape index (κ1) is 15.1. The summed E-state index contributed by atoms with van der Waals surface area (Å²) in [5.41, 5.74) is -0.838. The monoisotopic (exact) mass is 324 g/mol. The second-order valence-electron chi connectivity index (χ2n) is 4.35. The van der Waals surface area contributed by atoms with Crippen molar-refractivity contribution in [3.63, 3.8) is 0 Å². The van der Waals surface area contributed by atoms with Gasteiger partial charge in [-0.15, -0.1) is 0 Å². The van der Waals surface area contributed by atoms with Gasteiger partial charge in [-0.1, -0.05) is 47.7 Å². The minimum Gasteiger partial charge on any atom is -0.871 e. The summed E-state index contributed by atoms with van der Waals surface area (Å²) < 4.78 is 37.5. The largest absolute Gasteiger partial charge is 0.871 e. The summed E-state index contributed by atoms with van der Waals surface area (Å²) in [6, 6.07) is 2.58. The Balaban J connectivity index is 2.82. The van der Waals surface area contributed by atoms with Crippen molar-refractivity contribution in [2.75, 3.05) is 11.9 Å². The molecule has 0 aromatic heterocycles. The maximum absolute atomic E-state index is 12.5. The van der Waals surface area contributed by atoms with Crippen molar-refractivity contribution >= 4 is 21.6 Å². The molecule has 1 N–H and O–H groups in total. The Bertz CT molecular complexity index is 407. The van der Waals surface area contributed by atoms with E-state index in [2.05, 4.69) is 21.2 Å². The first-order valence-corrected chi connectivity index (χ1v) is 6.39. The van der Waals surface area contributed by atoms with E-state index in [-0.39, 0.29) is 10.5 Å². The van der Waals surface area contributed by atoms with Gasteiger partial charge >= 0.3 is 6.18 Å². The molecule has 1 rings (SSSR count). The molecule has 1 aromatic carbocycles. The molecule has 1 unspecified atom stereocenters. The molecule has 0 saturated carbocycles. The van der Waals surface area contributed by atoms with Crippen LogP contribution in [-0.4, -0.2) is 11.4 Å². The first-order chi connectivity index (χ1) is 8.21. The second-order valence-corrected chi connectivity index (χ2v) is 5.53. The molecule has 0 heterocycles. The highest BCUT2D eigenvalue weighted by molar-refractivity contribution is 9.09. The standard InChI is InChI=1S/C12H15BrF3NO/c1-7(2)9(13)6-17-10-5-8(12(14,15)16)3-4-11(10)18/h3-5,7,9,17-18H,6H2,1-2H3/p-1. The zero-order valence-corrected chi connectivity index (χ0v) is 11.6. The Labute approximate surface area is 112 Å². The Morgan fingerprint density at radius 2 is 1.94 bits per heavy atom. The number of hydrogen-bond acceptors (Lipinski definition) is 2. The topological polar surface area (TPSA) is 35.1 Å². The van der Waals surface area contributed by atoms with Gasteiger partial charge in [-0.2, -0.15) is 13.2 Å². The van der Waals surface area contributed by atoms with Crippen LogP contribution in [0.2, 0.25) is 0 Å². The van der Waals surface area contributed by atoms with Gasteiger partial charge < -0.3 is 10.4 Å². The van der Waals surface area contributed by atoms with Crippen LogP contribution in [0, 0.1) is 5.92 Å². The number of rotatable bonds is 4. The number of anilines is 1. The molecule has 2 nitrogen and oxygen atoms in total. The Hall–Kier alpha value is -0.910. The van der Waals surface area contributed by atoms with Crippen molar-refractivity contribution < 1.29 is 18.3 Å². The van der Waals surface area contributed by atoms with Crippen LogP contribution in [0.5, 0.6) is 5.75 Å². The lowest BCUT2D eigenvalue weighted by molar-refractivity contribution is -0.267. The van der Waals surface area contributed by atoms with Crippen LogP contribution in [0.1, 0.15) is 19.4 Å². The molecule has 0 saturated heterocycles. The van der Waals surface area contributed by atoms with Crippen molar-refractivity contribution in [3.8, 4) is 5.75 Å². The van der Waals surface area contributed by atoms with Crippen molar-refractivity contribution in [1.29, 1.82) is 0 Å². The molecule has 1 atom stereocenters. The fourth-order valence-corrected chi connectivity index (χ4v) is 1.45. The van der Waals surface area contributed by atoms with Crippen LogP contribution < -0.4 is 10.4 Å². The predicted octanol–water partition coefficient (Wildman–Crippen LogP) is 3.61. The van der Waals surface area contributed by atoms with Crippen LogP contribution in [-0.2, 0) is 6.18 Å². The van der Waals surface area contributed by atoms with E-state index < -0.39 is 17.5 Å². The first-order valence-electron chi connectivity index (χ1n) is 5.48. The molecule has 0 amide bonds. The van der Waals surface area contributed by atoms with E-state index in [4.69, 9.17) is 0 Å². The molecule has 0 aliphatic rings. The molecular formula is C12H14BrF3NO-. The van der Waals surface area contributed by atoms with Gasteiger partial charge in [-0.05, 0) is 12.0 Å². The predicted molar refractivity (Wildman–Crippen MR) is 66.9 cm³/mol. The molecule has 6 heteroatoms. The molecule has 1 aromatic rings. The van der Waals surface area contributed by atoms with E-state index >= 15 is 0 Å². The molecular weight excluding hydrogens is 311 g/mol. The van der Waals surface area contributed by atoms with Crippen LogP contribution >= 0.6 is 15.9 Å². The number of hydrogen-bond donors (Lipinski definition) is 1. The van der Waals surface area contributed by atoms with E-state index in [1.165, 1.54) is 0 Å². The molecule has 0 bridgehead atoms. The number of halogens is 4. The van der Waals surface area contributed by atoms with Gasteiger partial charge in [0.2, 0.25) is 0 Å². The zero-order valence-electron chi connectivity index (χ0n) is 10.0. The quantitative estimate of drug-likeness (QED) is 0.859. The average Bonchev–Trinajstić information content (AvgIpc) is 2.25. The lowest BCUT2D eigenvalue weighted by Crippen LogP contribution is -2.20. The SMILES string of the molecule is CC(C)C(Br)CNc1cc(C(F)(F)F)ccc1[O-]. The van der Waals surface area contributed by atoms with E-state index in [9.17, 15) is 18.3 Å². The van der Waals surface area contributed by atoms with Gasteiger partial charge in [0.15, 0.2) is 0 Å². The third-order valence-electron chi connectivity index (χ3n) is 2.52. The molecule has 0 radical (unpaired) electrons. The minimum absolute atomic E-state index is 0.0186. The van der Waals surface area contributed by atoms with Crippen LogP contribution in [0.4, 0.5) is 18.9 Å². The fraction of sp³-hybridized carbons (Fsp3) is 0.500. The van der Waals surface area contributed by atoms with Gasteiger partial charge in [-0.25, -0.2) is 0 Å². The normalized spacial score (nSPS) is 13.7. The van der Waals surface area contributed by atoms with Gasteiger partial charge in [0.1, 0.15) is 0 Å². The molecule has 0 aliphatic carbocycles. The summed E-state index contributed by atoms with van der Waals surface area (Å²) in [6.07, 6.45) is -4.43. The summed E-state index contributed by atoms with van der Waals surface area (Å²) in [7, 11) is 0. The Morgan fingerprint density at radius 3 is 2.44 bits per heavy atom. The van der Waals surface area contributed by atoms with Crippen molar-refractivity contribution in [2.45, 2.75) is 24.9 Å². The maximum atomic E-state index is 12.5. The fourth-order valence-electron chi connectivity index (χ4n) is 1.29. The molecule has 0 aliphatic heterocycles. The summed E-state index contributed by atoms with van der Waals surface area (Å²) in [5, 5.41) is 14.2. The van der Waals surface area contributed by atoms with E-state index in [1.54, 1.807) is 0 Å². The van der Waals surface area contributed by atoms with Crippen LogP contribution in [0.3, 0.4) is 0 Å². The minimum atomic E-state index is -4.43. The highest BCUT2D eigenvalue weighted by atomic mass is 79.9. The smallest absolute Gasteiger partial charge is 0.416 e. The summed E-state index contributed by atoms with van der Waals surface area (Å²) in [6.45, 7) is 4.35. The lowest BCUT2D eigenvalue weighted by atomic mass is 10.1. The van der Waals surface area contributed by atoms with Gasteiger partial charge in [0.05, 0.1) is 5.56 Å². The molecule has 18 heavy (non-hydrogen) atoms. The van der Waals surface area contributed by atoms with Crippen molar-refractivity contribution in [2.24, 2.45) is 5.92 Å². The van der Waals surface area contributed by atoms with Crippen molar-refractivity contribution in [1.82, 2.24) is 0 Å². The highest BCUT2D eigenvalue weighted by Crippen LogP contribution is 2.33. The average molecular weight is 325 g/mol. The maximum Gasteiger partial charge on any atom is 0.416 e. The Kier molecular flexibility index (Phi) is 4.90. The summed E-state index contributed by atoms with van der Waals surface area (Å²) in [5.74, 6) is -0.121. The van der Waals surface area contributed by atoms with E-state index in [1.807, 2.05) is 13.8 Å². The number of benzene rings is 1. The third-order valence-corrected chi connectivity index (χ3v) is 3.90. The number of nitrogens with one attached hydrogen (secondary N) is 1. The van der Waals surface area contributed by atoms with Gasteiger partial charge in [0.25, 0.3) is 0 Å². The second kappa shape index (κ2) is 5.82. The molecule has 0 spiro atoms. The van der Waals surface area contributed by atoms with Crippen molar-refractivity contribution in [3.05, 3.63) is 23.8 Å². The molecule has 102 valence electrons. The zero-order chi connectivity index (χ0) is 13.9. The van der Waals surface area contributed by atoms with Crippen LogP contribution in [0.25, 0.3) is 0 Å².